The van der Waals surface area contributed by atoms with E-state index in [1.54, 1.807) is 13.3 Å². The Morgan fingerprint density at radius 1 is 1.21 bits per heavy atom. The van der Waals surface area contributed by atoms with Crippen LogP contribution in [0.2, 0.25) is 0 Å². The summed E-state index contributed by atoms with van der Waals surface area (Å²) in [6.07, 6.45) is 1.60. The number of ether oxygens (including phenoxy) is 1. The second-order valence-electron chi connectivity index (χ2n) is 5.36. The summed E-state index contributed by atoms with van der Waals surface area (Å²) in [7, 11) is 1.68. The van der Waals surface area contributed by atoms with Crippen molar-refractivity contribution in [2.45, 2.75) is 26.2 Å². The average molecular weight is 258 g/mol. The minimum absolute atomic E-state index is 0.0205. The maximum atomic E-state index is 5.57. The molecule has 0 amide bonds. The number of hydrogen-bond donors (Lipinski definition) is 1. The zero-order valence-electron chi connectivity index (χ0n) is 11.6. The Labute approximate surface area is 112 Å². The molecule has 1 heterocycles. The number of nitrogens with two attached hydrogens (primary N) is 1. The zero-order chi connectivity index (χ0) is 14.0. The largest absolute Gasteiger partial charge is 0.496 e. The Hall–Kier alpha value is -2.17. The third-order valence-electron chi connectivity index (χ3n) is 2.88. The smallest absolute Gasteiger partial charge is 0.240 e. The second kappa shape index (κ2) is 4.84. The minimum atomic E-state index is -0.0205. The summed E-state index contributed by atoms with van der Waals surface area (Å²) in [4.78, 5) is 4.19. The molecule has 0 aliphatic rings. The summed E-state index contributed by atoms with van der Waals surface area (Å²) in [5, 5.41) is 7.49. The van der Waals surface area contributed by atoms with E-state index < -0.39 is 0 Å². The highest BCUT2D eigenvalue weighted by molar-refractivity contribution is 5.62. The molecule has 0 saturated heterocycles. The van der Waals surface area contributed by atoms with Crippen molar-refractivity contribution in [1.82, 2.24) is 15.2 Å². The van der Waals surface area contributed by atoms with E-state index in [2.05, 4.69) is 42.0 Å². The van der Waals surface area contributed by atoms with Crippen molar-refractivity contribution >= 4 is 5.95 Å². The molecule has 2 aromatic rings. The molecule has 0 fully saturated rings. The van der Waals surface area contributed by atoms with Gasteiger partial charge in [-0.15, -0.1) is 5.10 Å². The lowest BCUT2D eigenvalue weighted by Gasteiger charge is -2.22. The van der Waals surface area contributed by atoms with Gasteiger partial charge < -0.3 is 10.5 Å². The molecule has 2 rings (SSSR count). The Kier molecular flexibility index (Phi) is 3.38. The highest BCUT2D eigenvalue weighted by atomic mass is 16.5. The molecular formula is C14H18N4O. The van der Waals surface area contributed by atoms with Gasteiger partial charge >= 0.3 is 0 Å². The molecule has 0 radical (unpaired) electrons. The normalized spacial score (nSPS) is 11.4. The first-order chi connectivity index (χ1) is 8.91. The maximum absolute atomic E-state index is 5.57. The number of aromatic nitrogens is 3. The van der Waals surface area contributed by atoms with E-state index >= 15 is 0 Å². The van der Waals surface area contributed by atoms with Crippen LogP contribution < -0.4 is 10.5 Å². The number of rotatable bonds is 2. The summed E-state index contributed by atoms with van der Waals surface area (Å²) in [6, 6.07) is 5.94. The molecule has 0 spiro atoms. The van der Waals surface area contributed by atoms with Gasteiger partial charge in [0.25, 0.3) is 0 Å². The molecule has 0 unspecified atom stereocenters. The summed E-state index contributed by atoms with van der Waals surface area (Å²) >= 11 is 0. The van der Waals surface area contributed by atoms with Crippen molar-refractivity contribution in [2.75, 3.05) is 12.8 Å². The van der Waals surface area contributed by atoms with E-state index in [1.807, 2.05) is 12.1 Å². The van der Waals surface area contributed by atoms with Gasteiger partial charge in [0.2, 0.25) is 5.95 Å². The third-order valence-corrected chi connectivity index (χ3v) is 2.88. The summed E-state index contributed by atoms with van der Waals surface area (Å²) in [5.41, 5.74) is 8.32. The van der Waals surface area contributed by atoms with Crippen LogP contribution in [0, 0.1) is 0 Å². The number of anilines is 1. The standard InChI is InChI=1S/C14H18N4O/c1-14(2,3)10-7-9(5-6-12(10)19-4)11-8-16-18-13(15)17-11/h5-8H,1-4H3,(H2,15,17,18). The molecule has 1 aromatic carbocycles. The van der Waals surface area contributed by atoms with Crippen LogP contribution in [0.3, 0.4) is 0 Å². The third kappa shape index (κ3) is 2.81. The molecule has 0 atom stereocenters. The SMILES string of the molecule is COc1ccc(-c2cnnc(N)n2)cc1C(C)(C)C. The van der Waals surface area contributed by atoms with Gasteiger partial charge in [0.1, 0.15) is 5.75 Å². The first-order valence-corrected chi connectivity index (χ1v) is 6.06. The van der Waals surface area contributed by atoms with Crippen molar-refractivity contribution in [3.8, 4) is 17.0 Å². The van der Waals surface area contributed by atoms with Crippen LogP contribution in [0.15, 0.2) is 24.4 Å². The highest BCUT2D eigenvalue weighted by Gasteiger charge is 2.19. The van der Waals surface area contributed by atoms with Gasteiger partial charge in [0, 0.05) is 11.1 Å². The minimum Gasteiger partial charge on any atom is -0.496 e. The lowest BCUT2D eigenvalue weighted by molar-refractivity contribution is 0.397. The fourth-order valence-corrected chi connectivity index (χ4v) is 1.91. The lowest BCUT2D eigenvalue weighted by atomic mass is 9.85. The van der Waals surface area contributed by atoms with Gasteiger partial charge in [0.05, 0.1) is 19.0 Å². The molecule has 5 heteroatoms. The fourth-order valence-electron chi connectivity index (χ4n) is 1.91. The van der Waals surface area contributed by atoms with Crippen LogP contribution in [0.5, 0.6) is 5.75 Å². The summed E-state index contributed by atoms with van der Waals surface area (Å²) in [6.45, 7) is 6.42. The van der Waals surface area contributed by atoms with Crippen LogP contribution in [-0.2, 0) is 5.41 Å². The number of hydrogen-bond acceptors (Lipinski definition) is 5. The Morgan fingerprint density at radius 2 is 1.95 bits per heavy atom. The van der Waals surface area contributed by atoms with Crippen LogP contribution in [-0.4, -0.2) is 22.3 Å². The van der Waals surface area contributed by atoms with Gasteiger partial charge in [-0.05, 0) is 23.6 Å². The van der Waals surface area contributed by atoms with Gasteiger partial charge in [-0.2, -0.15) is 5.10 Å². The van der Waals surface area contributed by atoms with Gasteiger partial charge in [0.15, 0.2) is 0 Å². The van der Waals surface area contributed by atoms with E-state index in [-0.39, 0.29) is 11.4 Å². The second-order valence-corrected chi connectivity index (χ2v) is 5.36. The molecule has 1 aromatic heterocycles. The van der Waals surface area contributed by atoms with E-state index in [4.69, 9.17) is 10.5 Å². The van der Waals surface area contributed by atoms with Gasteiger partial charge in [-0.3, -0.25) is 0 Å². The molecule has 5 nitrogen and oxygen atoms in total. The maximum Gasteiger partial charge on any atom is 0.240 e. The van der Waals surface area contributed by atoms with Crippen LogP contribution in [0.25, 0.3) is 11.3 Å². The van der Waals surface area contributed by atoms with E-state index in [1.165, 1.54) is 0 Å². The Morgan fingerprint density at radius 3 is 2.53 bits per heavy atom. The van der Waals surface area contributed by atoms with Crippen molar-refractivity contribution in [3.63, 3.8) is 0 Å². The molecule has 100 valence electrons. The Balaban J connectivity index is 2.55. The highest BCUT2D eigenvalue weighted by Crippen LogP contribution is 2.34. The number of benzene rings is 1. The topological polar surface area (TPSA) is 73.9 Å². The van der Waals surface area contributed by atoms with Crippen molar-refractivity contribution < 1.29 is 4.74 Å². The molecule has 19 heavy (non-hydrogen) atoms. The number of nitrogens with zero attached hydrogens (tertiary/aromatic N) is 3. The number of methoxy groups -OCH3 is 1. The van der Waals surface area contributed by atoms with E-state index in [0.29, 0.717) is 5.69 Å². The molecule has 0 aliphatic carbocycles. The van der Waals surface area contributed by atoms with Crippen molar-refractivity contribution in [1.29, 1.82) is 0 Å². The van der Waals surface area contributed by atoms with Crippen LogP contribution >= 0.6 is 0 Å². The van der Waals surface area contributed by atoms with Crippen molar-refractivity contribution in [3.05, 3.63) is 30.0 Å². The average Bonchev–Trinajstić information content (AvgIpc) is 2.37. The van der Waals surface area contributed by atoms with E-state index in [0.717, 1.165) is 16.9 Å². The summed E-state index contributed by atoms with van der Waals surface area (Å²) in [5.74, 6) is 1.04. The van der Waals surface area contributed by atoms with Crippen molar-refractivity contribution in [2.24, 2.45) is 0 Å². The predicted molar refractivity (Wildman–Crippen MR) is 74.9 cm³/mol. The first-order valence-electron chi connectivity index (χ1n) is 6.06. The quantitative estimate of drug-likeness (QED) is 0.895. The molecule has 0 aliphatic heterocycles. The first kappa shape index (κ1) is 13.3. The monoisotopic (exact) mass is 258 g/mol. The zero-order valence-corrected chi connectivity index (χ0v) is 11.6. The summed E-state index contributed by atoms with van der Waals surface area (Å²) < 4.78 is 5.41. The number of nitrogen functional groups attached to an aromatic ring is 1. The fraction of sp³-hybridized carbons (Fsp3) is 0.357. The predicted octanol–water partition coefficient (Wildman–Crippen LogP) is 2.43. The van der Waals surface area contributed by atoms with Crippen LogP contribution in [0.4, 0.5) is 5.95 Å². The van der Waals surface area contributed by atoms with Gasteiger partial charge in [-0.25, -0.2) is 4.98 Å². The van der Waals surface area contributed by atoms with Gasteiger partial charge in [-0.1, -0.05) is 20.8 Å². The van der Waals surface area contributed by atoms with Crippen LogP contribution in [0.1, 0.15) is 26.3 Å². The lowest BCUT2D eigenvalue weighted by Crippen LogP contribution is -2.13. The molecular weight excluding hydrogens is 240 g/mol. The van der Waals surface area contributed by atoms with E-state index in [9.17, 15) is 0 Å². The molecule has 2 N–H and O–H groups in total. The molecule has 0 saturated carbocycles. The molecule has 0 bridgehead atoms. The Bertz CT molecular complexity index is 590.